The highest BCUT2D eigenvalue weighted by Crippen LogP contribution is 2.30. The molecule has 2 atom stereocenters. The molecule has 6 heteroatoms. The summed E-state index contributed by atoms with van der Waals surface area (Å²) in [6, 6.07) is 4.25. The lowest BCUT2D eigenvalue weighted by molar-refractivity contribution is -0.114. The van der Waals surface area contributed by atoms with E-state index in [0.29, 0.717) is 12.0 Å². The maximum absolute atomic E-state index is 11.3. The van der Waals surface area contributed by atoms with Crippen LogP contribution in [-0.2, 0) is 16.0 Å². The molecule has 116 valence electrons. The number of piperazine rings is 1. The molecule has 0 bridgehead atoms. The summed E-state index contributed by atoms with van der Waals surface area (Å²) < 4.78 is 6.20. The fourth-order valence-electron chi connectivity index (χ4n) is 3.36. The first-order valence-corrected chi connectivity index (χ1v) is 8.45. The van der Waals surface area contributed by atoms with Crippen molar-refractivity contribution in [2.24, 2.45) is 5.73 Å². The van der Waals surface area contributed by atoms with Crippen molar-refractivity contribution in [1.82, 2.24) is 9.80 Å². The topological polar surface area (TPSA) is 58.8 Å². The van der Waals surface area contributed by atoms with E-state index >= 15 is 0 Å². The van der Waals surface area contributed by atoms with Crippen LogP contribution in [0.3, 0.4) is 0 Å². The molecule has 3 aliphatic heterocycles. The largest absolute Gasteiger partial charge is 0.366 e. The monoisotopic (exact) mass is 317 g/mol. The van der Waals surface area contributed by atoms with Crippen LogP contribution < -0.4 is 5.73 Å². The molecule has 3 aliphatic rings. The summed E-state index contributed by atoms with van der Waals surface area (Å²) >= 11 is 1.79. The summed E-state index contributed by atoms with van der Waals surface area (Å²) in [5, 5.41) is 2.11. The van der Waals surface area contributed by atoms with E-state index in [1.807, 2.05) is 6.20 Å². The van der Waals surface area contributed by atoms with Crippen LogP contribution in [0.4, 0.5) is 0 Å². The van der Waals surface area contributed by atoms with Gasteiger partial charge in [0.1, 0.15) is 6.23 Å². The van der Waals surface area contributed by atoms with Gasteiger partial charge in [0.25, 0.3) is 0 Å². The predicted octanol–water partition coefficient (Wildman–Crippen LogP) is 1.29. The van der Waals surface area contributed by atoms with Crippen LogP contribution in [0.2, 0.25) is 0 Å². The Balaban J connectivity index is 1.45. The maximum Gasteiger partial charge on any atom is 0.246 e. The van der Waals surface area contributed by atoms with Crippen LogP contribution in [0.15, 0.2) is 41.1 Å². The molecule has 0 spiro atoms. The van der Waals surface area contributed by atoms with Crippen molar-refractivity contribution in [1.29, 1.82) is 0 Å². The van der Waals surface area contributed by atoms with Gasteiger partial charge in [0, 0.05) is 41.9 Å². The molecule has 2 saturated heterocycles. The van der Waals surface area contributed by atoms with Gasteiger partial charge in [0.15, 0.2) is 0 Å². The zero-order valence-corrected chi connectivity index (χ0v) is 13.1. The molecule has 4 rings (SSSR count). The van der Waals surface area contributed by atoms with Crippen molar-refractivity contribution in [3.05, 3.63) is 45.9 Å². The predicted molar refractivity (Wildman–Crippen MR) is 84.9 cm³/mol. The lowest BCUT2D eigenvalue weighted by atomic mass is 10.1. The average molecular weight is 317 g/mol. The molecule has 2 unspecified atom stereocenters. The van der Waals surface area contributed by atoms with Crippen LogP contribution >= 0.6 is 11.3 Å². The van der Waals surface area contributed by atoms with Gasteiger partial charge in [0.05, 0.1) is 12.6 Å². The number of rotatable bonds is 3. The second-order valence-electron chi connectivity index (χ2n) is 6.00. The summed E-state index contributed by atoms with van der Waals surface area (Å²) in [7, 11) is 0. The number of nitrogens with two attached hydrogens (primary N) is 1. The third kappa shape index (κ3) is 2.58. The number of primary amides is 1. The molecule has 0 radical (unpaired) electrons. The van der Waals surface area contributed by atoms with Crippen molar-refractivity contribution >= 4 is 17.2 Å². The van der Waals surface area contributed by atoms with Crippen molar-refractivity contribution in [3.63, 3.8) is 0 Å². The second-order valence-corrected chi connectivity index (χ2v) is 7.03. The molecule has 0 aromatic carbocycles. The number of amides is 1. The van der Waals surface area contributed by atoms with Crippen LogP contribution in [0.5, 0.6) is 0 Å². The molecular formula is C16H19N3O2S. The standard InChI is InChI=1S/C16H19N3O2S/c17-16(20)11-3-4-12-8-19-9-13(6-14-2-1-5-22-14)21-15(19)10-18(12)7-11/h1-2,4-5,7,13,15H,3,6,8-10H2,(H2,17,20). The van der Waals surface area contributed by atoms with Gasteiger partial charge >= 0.3 is 0 Å². The minimum Gasteiger partial charge on any atom is -0.366 e. The molecule has 5 nitrogen and oxygen atoms in total. The van der Waals surface area contributed by atoms with Crippen LogP contribution in [-0.4, -0.2) is 47.7 Å². The highest BCUT2D eigenvalue weighted by atomic mass is 32.1. The van der Waals surface area contributed by atoms with E-state index in [0.717, 1.165) is 26.1 Å². The van der Waals surface area contributed by atoms with Crippen molar-refractivity contribution < 1.29 is 9.53 Å². The number of carbonyl (C=O) groups is 1. The summed E-state index contributed by atoms with van der Waals surface area (Å²) in [6.45, 7) is 2.62. The molecule has 0 aliphatic carbocycles. The summed E-state index contributed by atoms with van der Waals surface area (Å²) in [4.78, 5) is 17.2. The highest BCUT2D eigenvalue weighted by molar-refractivity contribution is 7.09. The third-order valence-corrected chi connectivity index (χ3v) is 5.38. The van der Waals surface area contributed by atoms with Gasteiger partial charge in [-0.2, -0.15) is 0 Å². The molecule has 1 aromatic rings. The minimum absolute atomic E-state index is 0.102. The van der Waals surface area contributed by atoms with Crippen LogP contribution in [0.1, 0.15) is 11.3 Å². The van der Waals surface area contributed by atoms with Gasteiger partial charge in [-0.1, -0.05) is 12.1 Å². The zero-order chi connectivity index (χ0) is 15.1. The summed E-state index contributed by atoms with van der Waals surface area (Å²) in [5.74, 6) is -0.333. The first-order valence-electron chi connectivity index (χ1n) is 7.57. The van der Waals surface area contributed by atoms with Crippen LogP contribution in [0, 0.1) is 0 Å². The van der Waals surface area contributed by atoms with Gasteiger partial charge in [-0.05, 0) is 17.9 Å². The number of carbonyl (C=O) groups excluding carboxylic acids is 1. The van der Waals surface area contributed by atoms with E-state index < -0.39 is 0 Å². The van der Waals surface area contributed by atoms with Gasteiger partial charge in [-0.25, -0.2) is 0 Å². The van der Waals surface area contributed by atoms with Crippen molar-refractivity contribution in [2.45, 2.75) is 25.2 Å². The highest BCUT2D eigenvalue weighted by Gasteiger charge is 2.39. The molecule has 1 amide bonds. The number of hydrogen-bond donors (Lipinski definition) is 1. The molecule has 4 heterocycles. The van der Waals surface area contributed by atoms with E-state index in [4.69, 9.17) is 10.5 Å². The second kappa shape index (κ2) is 5.53. The fraction of sp³-hybridized carbons (Fsp3) is 0.438. The van der Waals surface area contributed by atoms with E-state index in [1.165, 1.54) is 10.6 Å². The van der Waals surface area contributed by atoms with Gasteiger partial charge in [-0.3, -0.25) is 9.69 Å². The fourth-order valence-corrected chi connectivity index (χ4v) is 4.13. The molecule has 0 saturated carbocycles. The van der Waals surface area contributed by atoms with Crippen molar-refractivity contribution in [3.8, 4) is 0 Å². The van der Waals surface area contributed by atoms with Gasteiger partial charge in [0.2, 0.25) is 5.91 Å². The Bertz CT molecular complexity index is 638. The molecule has 2 N–H and O–H groups in total. The van der Waals surface area contributed by atoms with E-state index in [2.05, 4.69) is 33.4 Å². The molecule has 1 aromatic heterocycles. The van der Waals surface area contributed by atoms with Gasteiger partial charge in [-0.15, -0.1) is 11.3 Å². The molecule has 22 heavy (non-hydrogen) atoms. The average Bonchev–Trinajstić information content (AvgIpc) is 3.13. The Hall–Kier alpha value is -1.63. The Labute approximate surface area is 133 Å². The lowest BCUT2D eigenvalue weighted by Gasteiger charge is -2.39. The first-order chi connectivity index (χ1) is 10.7. The molecule has 2 fully saturated rings. The molecular weight excluding hydrogens is 298 g/mol. The third-order valence-electron chi connectivity index (χ3n) is 4.48. The quantitative estimate of drug-likeness (QED) is 0.913. The number of ether oxygens (including phenoxy) is 1. The number of fused-ring (bicyclic) bond motifs is 2. The normalized spacial score (nSPS) is 27.9. The first kappa shape index (κ1) is 14.0. The Morgan fingerprint density at radius 3 is 3.14 bits per heavy atom. The minimum atomic E-state index is -0.333. The summed E-state index contributed by atoms with van der Waals surface area (Å²) in [5.41, 5.74) is 7.31. The number of allylic oxidation sites excluding steroid dienone is 1. The summed E-state index contributed by atoms with van der Waals surface area (Å²) in [6.07, 6.45) is 5.98. The number of nitrogens with zero attached hydrogens (tertiary/aromatic N) is 2. The Morgan fingerprint density at radius 2 is 2.36 bits per heavy atom. The van der Waals surface area contributed by atoms with E-state index in [-0.39, 0.29) is 18.2 Å². The van der Waals surface area contributed by atoms with E-state index in [9.17, 15) is 4.79 Å². The Kier molecular flexibility index (Phi) is 3.52. The smallest absolute Gasteiger partial charge is 0.246 e. The maximum atomic E-state index is 11.3. The van der Waals surface area contributed by atoms with Crippen LogP contribution in [0.25, 0.3) is 0 Å². The number of hydrogen-bond acceptors (Lipinski definition) is 5. The zero-order valence-electron chi connectivity index (χ0n) is 12.3. The Morgan fingerprint density at radius 1 is 1.45 bits per heavy atom. The lowest BCUT2D eigenvalue weighted by Crippen LogP contribution is -2.48. The van der Waals surface area contributed by atoms with E-state index in [1.54, 1.807) is 11.3 Å². The van der Waals surface area contributed by atoms with Crippen molar-refractivity contribution in [2.75, 3.05) is 19.6 Å². The number of thiophene rings is 1. The van der Waals surface area contributed by atoms with Gasteiger partial charge < -0.3 is 15.4 Å². The SMILES string of the molecule is NC(=O)C1=CN2CC3OC(Cc4cccs4)CN3CC2=CC1.